The van der Waals surface area contributed by atoms with Gasteiger partial charge in [0, 0.05) is 30.1 Å². The van der Waals surface area contributed by atoms with E-state index in [4.69, 9.17) is 4.74 Å². The predicted molar refractivity (Wildman–Crippen MR) is 95.7 cm³/mol. The van der Waals surface area contributed by atoms with Crippen LogP contribution in [0.25, 0.3) is 11.1 Å². The van der Waals surface area contributed by atoms with Gasteiger partial charge in [-0.2, -0.15) is 0 Å². The highest BCUT2D eigenvalue weighted by atomic mass is 16.6. The SMILES string of the molecule is O=Cc1cncc(-c2cccc(OC(=O)NCC3CCCCC3)c2)c1. The van der Waals surface area contributed by atoms with E-state index in [-0.39, 0.29) is 0 Å². The number of aromatic nitrogens is 1. The van der Waals surface area contributed by atoms with Crippen molar-refractivity contribution in [1.82, 2.24) is 10.3 Å². The van der Waals surface area contributed by atoms with Crippen molar-refractivity contribution < 1.29 is 14.3 Å². The molecule has 0 radical (unpaired) electrons. The van der Waals surface area contributed by atoms with E-state index in [9.17, 15) is 9.59 Å². The van der Waals surface area contributed by atoms with Crippen LogP contribution in [-0.4, -0.2) is 23.9 Å². The number of aldehydes is 1. The number of carbonyl (C=O) groups excluding carboxylic acids is 2. The summed E-state index contributed by atoms with van der Waals surface area (Å²) in [5, 5.41) is 2.86. The monoisotopic (exact) mass is 338 g/mol. The van der Waals surface area contributed by atoms with Gasteiger partial charge in [-0.15, -0.1) is 0 Å². The van der Waals surface area contributed by atoms with Crippen LogP contribution in [0.4, 0.5) is 4.79 Å². The van der Waals surface area contributed by atoms with E-state index in [1.54, 1.807) is 24.4 Å². The summed E-state index contributed by atoms with van der Waals surface area (Å²) < 4.78 is 5.38. The Morgan fingerprint density at radius 1 is 1.16 bits per heavy atom. The summed E-state index contributed by atoms with van der Waals surface area (Å²) >= 11 is 0. The molecule has 130 valence electrons. The molecular weight excluding hydrogens is 316 g/mol. The second-order valence-corrected chi connectivity index (χ2v) is 6.43. The third-order valence-corrected chi connectivity index (χ3v) is 4.53. The number of ether oxygens (including phenoxy) is 1. The molecule has 0 unspecified atom stereocenters. The Labute approximate surface area is 147 Å². The molecule has 1 aliphatic carbocycles. The molecular formula is C20H22N2O3. The Morgan fingerprint density at radius 2 is 2.00 bits per heavy atom. The first-order valence-corrected chi connectivity index (χ1v) is 8.71. The summed E-state index contributed by atoms with van der Waals surface area (Å²) in [5.74, 6) is 1.03. The van der Waals surface area contributed by atoms with Crippen LogP contribution in [0.1, 0.15) is 42.5 Å². The molecule has 0 spiro atoms. The lowest BCUT2D eigenvalue weighted by atomic mass is 9.89. The molecule has 0 aliphatic heterocycles. The fourth-order valence-electron chi connectivity index (χ4n) is 3.18. The van der Waals surface area contributed by atoms with Crippen molar-refractivity contribution in [3.8, 4) is 16.9 Å². The number of rotatable bonds is 5. The van der Waals surface area contributed by atoms with Crippen molar-refractivity contribution in [3.63, 3.8) is 0 Å². The summed E-state index contributed by atoms with van der Waals surface area (Å²) in [7, 11) is 0. The van der Waals surface area contributed by atoms with Crippen molar-refractivity contribution in [2.75, 3.05) is 6.54 Å². The standard InChI is InChI=1S/C20H22N2O3/c23-14-16-9-18(13-21-11-16)17-7-4-8-19(10-17)25-20(24)22-12-15-5-2-1-3-6-15/h4,7-11,13-15H,1-3,5-6,12H2,(H,22,24). The van der Waals surface area contributed by atoms with Crippen molar-refractivity contribution in [2.24, 2.45) is 5.92 Å². The summed E-state index contributed by atoms with van der Waals surface area (Å²) in [4.78, 5) is 27.0. The van der Waals surface area contributed by atoms with Gasteiger partial charge in [-0.1, -0.05) is 31.4 Å². The summed E-state index contributed by atoms with van der Waals surface area (Å²) in [5.41, 5.74) is 2.15. The minimum Gasteiger partial charge on any atom is -0.410 e. The van der Waals surface area contributed by atoms with Gasteiger partial charge < -0.3 is 10.1 Å². The van der Waals surface area contributed by atoms with Crippen molar-refractivity contribution in [2.45, 2.75) is 32.1 Å². The van der Waals surface area contributed by atoms with Crippen LogP contribution < -0.4 is 10.1 Å². The van der Waals surface area contributed by atoms with Gasteiger partial charge in [-0.05, 0) is 42.5 Å². The van der Waals surface area contributed by atoms with Gasteiger partial charge in [0.15, 0.2) is 6.29 Å². The van der Waals surface area contributed by atoms with E-state index in [1.165, 1.54) is 38.3 Å². The van der Waals surface area contributed by atoms with Crippen LogP contribution in [0.5, 0.6) is 5.75 Å². The third kappa shape index (κ3) is 4.89. The highest BCUT2D eigenvalue weighted by Crippen LogP contribution is 2.24. The van der Waals surface area contributed by atoms with E-state index in [0.717, 1.165) is 17.4 Å². The van der Waals surface area contributed by atoms with E-state index < -0.39 is 6.09 Å². The zero-order valence-electron chi connectivity index (χ0n) is 14.1. The average molecular weight is 338 g/mol. The lowest BCUT2D eigenvalue weighted by molar-refractivity contribution is 0.112. The highest BCUT2D eigenvalue weighted by molar-refractivity contribution is 5.78. The van der Waals surface area contributed by atoms with Gasteiger partial charge in [-0.3, -0.25) is 9.78 Å². The number of hydrogen-bond acceptors (Lipinski definition) is 4. The zero-order valence-corrected chi connectivity index (χ0v) is 14.1. The Hall–Kier alpha value is -2.69. The van der Waals surface area contributed by atoms with Crippen LogP contribution in [0, 0.1) is 5.92 Å². The number of nitrogens with one attached hydrogen (secondary N) is 1. The fraction of sp³-hybridized carbons (Fsp3) is 0.350. The quantitative estimate of drug-likeness (QED) is 0.828. The van der Waals surface area contributed by atoms with Crippen LogP contribution in [-0.2, 0) is 0 Å². The Balaban J connectivity index is 1.60. The minimum atomic E-state index is -0.428. The summed E-state index contributed by atoms with van der Waals surface area (Å²) in [6.45, 7) is 0.670. The molecule has 0 saturated heterocycles. The van der Waals surface area contributed by atoms with Gasteiger partial charge in [0.1, 0.15) is 5.75 Å². The molecule has 3 rings (SSSR count). The predicted octanol–water partition coefficient (Wildman–Crippen LogP) is 4.23. The lowest BCUT2D eigenvalue weighted by Crippen LogP contribution is -2.32. The lowest BCUT2D eigenvalue weighted by Gasteiger charge is -2.21. The average Bonchev–Trinajstić information content (AvgIpc) is 2.67. The Morgan fingerprint density at radius 3 is 2.80 bits per heavy atom. The second kappa shape index (κ2) is 8.42. The largest absolute Gasteiger partial charge is 0.412 e. The normalized spacial score (nSPS) is 14.7. The van der Waals surface area contributed by atoms with Crippen LogP contribution in [0.2, 0.25) is 0 Å². The van der Waals surface area contributed by atoms with Crippen molar-refractivity contribution >= 4 is 12.4 Å². The minimum absolute atomic E-state index is 0.428. The molecule has 1 fully saturated rings. The van der Waals surface area contributed by atoms with Gasteiger partial charge in [0.05, 0.1) is 0 Å². The third-order valence-electron chi connectivity index (χ3n) is 4.53. The molecule has 0 bridgehead atoms. The molecule has 2 aromatic rings. The smallest absolute Gasteiger partial charge is 0.410 e. The first-order valence-electron chi connectivity index (χ1n) is 8.71. The maximum atomic E-state index is 12.0. The molecule has 5 nitrogen and oxygen atoms in total. The molecule has 25 heavy (non-hydrogen) atoms. The van der Waals surface area contributed by atoms with E-state index >= 15 is 0 Å². The second-order valence-electron chi connectivity index (χ2n) is 6.43. The van der Waals surface area contributed by atoms with Crippen LogP contribution in [0.15, 0.2) is 42.7 Å². The van der Waals surface area contributed by atoms with Crippen molar-refractivity contribution in [1.29, 1.82) is 0 Å². The summed E-state index contributed by atoms with van der Waals surface area (Å²) in [6.07, 6.45) is 9.66. The molecule has 1 aromatic heterocycles. The number of hydrogen-bond donors (Lipinski definition) is 1. The van der Waals surface area contributed by atoms with Crippen molar-refractivity contribution in [3.05, 3.63) is 48.3 Å². The number of pyridine rings is 1. The molecule has 1 heterocycles. The van der Waals surface area contributed by atoms with Gasteiger partial charge in [0.2, 0.25) is 0 Å². The summed E-state index contributed by atoms with van der Waals surface area (Å²) in [6, 6.07) is 8.96. The molecule has 0 atom stereocenters. The van der Waals surface area contributed by atoms with Crippen LogP contribution >= 0.6 is 0 Å². The number of carbonyl (C=O) groups is 2. The maximum absolute atomic E-state index is 12.0. The molecule has 5 heteroatoms. The Bertz CT molecular complexity index is 739. The molecule has 1 aliphatic rings. The van der Waals surface area contributed by atoms with Gasteiger partial charge >= 0.3 is 6.09 Å². The zero-order chi connectivity index (χ0) is 17.5. The molecule has 1 amide bonds. The van der Waals surface area contributed by atoms with Gasteiger partial charge in [0.25, 0.3) is 0 Å². The molecule has 1 N–H and O–H groups in total. The number of amides is 1. The topological polar surface area (TPSA) is 68.3 Å². The van der Waals surface area contributed by atoms with Gasteiger partial charge in [-0.25, -0.2) is 4.79 Å². The van der Waals surface area contributed by atoms with E-state index in [0.29, 0.717) is 23.8 Å². The molecule has 1 aromatic carbocycles. The van der Waals surface area contributed by atoms with Crippen LogP contribution in [0.3, 0.4) is 0 Å². The first-order chi connectivity index (χ1) is 12.2. The fourth-order valence-corrected chi connectivity index (χ4v) is 3.18. The van der Waals surface area contributed by atoms with E-state index in [1.807, 2.05) is 12.1 Å². The highest BCUT2D eigenvalue weighted by Gasteiger charge is 2.15. The number of nitrogens with zero attached hydrogens (tertiary/aromatic N) is 1. The Kier molecular flexibility index (Phi) is 5.77. The van der Waals surface area contributed by atoms with E-state index in [2.05, 4.69) is 10.3 Å². The first kappa shape index (κ1) is 17.1. The molecule has 1 saturated carbocycles. The maximum Gasteiger partial charge on any atom is 0.412 e. The number of benzene rings is 1.